The van der Waals surface area contributed by atoms with E-state index in [4.69, 9.17) is 0 Å². The molecule has 4 heteroatoms. The molecule has 1 aliphatic rings. The van der Waals surface area contributed by atoms with Gasteiger partial charge in [-0.05, 0) is 44.9 Å². The van der Waals surface area contributed by atoms with Crippen LogP contribution in [-0.2, 0) is 17.6 Å². The molecule has 1 atom stereocenters. The van der Waals surface area contributed by atoms with Gasteiger partial charge in [0.25, 0.3) is 0 Å². The molecule has 0 aromatic carbocycles. The molecule has 1 aliphatic carbocycles. The molecule has 106 valence electrons. The molecule has 1 heterocycles. The number of amides is 1. The van der Waals surface area contributed by atoms with Crippen molar-refractivity contribution in [2.24, 2.45) is 5.92 Å². The highest BCUT2D eigenvalue weighted by atomic mass is 16.2. The van der Waals surface area contributed by atoms with Crippen molar-refractivity contribution in [2.45, 2.75) is 58.9 Å². The Labute approximate surface area is 115 Å². The van der Waals surface area contributed by atoms with Crippen LogP contribution in [0.1, 0.15) is 57.5 Å². The highest BCUT2D eigenvalue weighted by Gasteiger charge is 2.21. The van der Waals surface area contributed by atoms with Crippen LogP contribution in [0.3, 0.4) is 0 Å². The SMILES string of the molecule is CC(C)CCNC(=O)C(C)n1cnc2c1CCCC2. The normalized spacial score (nSPS) is 16.2. The van der Waals surface area contributed by atoms with E-state index in [0.29, 0.717) is 5.92 Å². The first kappa shape index (κ1) is 14.1. The summed E-state index contributed by atoms with van der Waals surface area (Å²) in [5.41, 5.74) is 2.45. The van der Waals surface area contributed by atoms with Crippen LogP contribution in [0, 0.1) is 5.92 Å². The first-order valence-corrected chi connectivity index (χ1v) is 7.42. The van der Waals surface area contributed by atoms with Crippen LogP contribution in [-0.4, -0.2) is 22.0 Å². The molecule has 0 saturated carbocycles. The smallest absolute Gasteiger partial charge is 0.242 e. The monoisotopic (exact) mass is 263 g/mol. The van der Waals surface area contributed by atoms with E-state index in [0.717, 1.165) is 25.8 Å². The standard InChI is InChI=1S/C15H25N3O/c1-11(2)8-9-16-15(19)12(3)18-10-17-13-6-4-5-7-14(13)18/h10-12H,4-9H2,1-3H3,(H,16,19). The van der Waals surface area contributed by atoms with Crippen molar-refractivity contribution in [3.63, 3.8) is 0 Å². The Bertz CT molecular complexity index is 437. The Kier molecular flexibility index (Phi) is 4.61. The lowest BCUT2D eigenvalue weighted by Gasteiger charge is -2.19. The molecule has 1 unspecified atom stereocenters. The Balaban J connectivity index is 1.97. The zero-order chi connectivity index (χ0) is 13.8. The number of aryl methyl sites for hydroxylation is 1. The van der Waals surface area contributed by atoms with E-state index in [-0.39, 0.29) is 11.9 Å². The second-order valence-electron chi connectivity index (χ2n) is 5.90. The fourth-order valence-electron chi connectivity index (χ4n) is 2.58. The molecule has 1 aromatic rings. The minimum atomic E-state index is -0.151. The fourth-order valence-corrected chi connectivity index (χ4v) is 2.58. The van der Waals surface area contributed by atoms with Crippen molar-refractivity contribution >= 4 is 5.91 Å². The maximum atomic E-state index is 12.1. The quantitative estimate of drug-likeness (QED) is 0.887. The van der Waals surface area contributed by atoms with Gasteiger partial charge in [0.1, 0.15) is 6.04 Å². The lowest BCUT2D eigenvalue weighted by Crippen LogP contribution is -2.32. The van der Waals surface area contributed by atoms with Gasteiger partial charge >= 0.3 is 0 Å². The van der Waals surface area contributed by atoms with Crippen LogP contribution in [0.4, 0.5) is 0 Å². The largest absolute Gasteiger partial charge is 0.354 e. The van der Waals surface area contributed by atoms with Crippen LogP contribution in [0.5, 0.6) is 0 Å². The summed E-state index contributed by atoms with van der Waals surface area (Å²) in [4.78, 5) is 16.6. The number of hydrogen-bond donors (Lipinski definition) is 1. The van der Waals surface area contributed by atoms with Crippen molar-refractivity contribution < 1.29 is 4.79 Å². The number of rotatable bonds is 5. The highest BCUT2D eigenvalue weighted by molar-refractivity contribution is 5.80. The van der Waals surface area contributed by atoms with Gasteiger partial charge in [0.05, 0.1) is 12.0 Å². The number of aromatic nitrogens is 2. The molecule has 1 N–H and O–H groups in total. The molecule has 19 heavy (non-hydrogen) atoms. The number of nitrogens with zero attached hydrogens (tertiary/aromatic N) is 2. The molecule has 0 fully saturated rings. The van der Waals surface area contributed by atoms with Crippen molar-refractivity contribution in [1.82, 2.24) is 14.9 Å². The first-order chi connectivity index (χ1) is 9.09. The third kappa shape index (κ3) is 3.37. The van der Waals surface area contributed by atoms with E-state index in [1.807, 2.05) is 13.3 Å². The van der Waals surface area contributed by atoms with Gasteiger partial charge in [-0.2, -0.15) is 0 Å². The average Bonchev–Trinajstić information content (AvgIpc) is 2.81. The summed E-state index contributed by atoms with van der Waals surface area (Å²) in [6.07, 6.45) is 7.41. The topological polar surface area (TPSA) is 46.9 Å². The van der Waals surface area contributed by atoms with Crippen LogP contribution >= 0.6 is 0 Å². The molecule has 2 rings (SSSR count). The molecule has 0 radical (unpaired) electrons. The molecule has 1 amide bonds. The first-order valence-electron chi connectivity index (χ1n) is 7.42. The summed E-state index contributed by atoms with van der Waals surface area (Å²) < 4.78 is 2.05. The number of nitrogens with one attached hydrogen (secondary N) is 1. The average molecular weight is 263 g/mol. The third-order valence-corrected chi connectivity index (χ3v) is 3.88. The molecule has 0 bridgehead atoms. The van der Waals surface area contributed by atoms with Crippen LogP contribution in [0.2, 0.25) is 0 Å². The van der Waals surface area contributed by atoms with Gasteiger partial charge < -0.3 is 9.88 Å². The minimum Gasteiger partial charge on any atom is -0.354 e. The van der Waals surface area contributed by atoms with E-state index in [2.05, 4.69) is 28.7 Å². The van der Waals surface area contributed by atoms with Crippen molar-refractivity contribution in [1.29, 1.82) is 0 Å². The molecular formula is C15H25N3O. The summed E-state index contributed by atoms with van der Waals surface area (Å²) in [5, 5.41) is 3.02. The Morgan fingerprint density at radius 3 is 2.84 bits per heavy atom. The molecular weight excluding hydrogens is 238 g/mol. The zero-order valence-electron chi connectivity index (χ0n) is 12.3. The van der Waals surface area contributed by atoms with E-state index in [1.54, 1.807) is 0 Å². The number of hydrogen-bond acceptors (Lipinski definition) is 2. The van der Waals surface area contributed by atoms with Crippen molar-refractivity contribution in [3.8, 4) is 0 Å². The van der Waals surface area contributed by atoms with Crippen LogP contribution in [0.15, 0.2) is 6.33 Å². The summed E-state index contributed by atoms with van der Waals surface area (Å²) in [6, 6.07) is -0.151. The number of imidazole rings is 1. The summed E-state index contributed by atoms with van der Waals surface area (Å²) in [6.45, 7) is 7.06. The van der Waals surface area contributed by atoms with Gasteiger partial charge in [-0.3, -0.25) is 4.79 Å². The maximum absolute atomic E-state index is 12.1. The molecule has 0 aliphatic heterocycles. The van der Waals surface area contributed by atoms with Gasteiger partial charge in [0, 0.05) is 12.2 Å². The molecule has 0 spiro atoms. The number of carbonyl (C=O) groups excluding carboxylic acids is 1. The van der Waals surface area contributed by atoms with E-state index < -0.39 is 0 Å². The summed E-state index contributed by atoms with van der Waals surface area (Å²) >= 11 is 0. The second kappa shape index (κ2) is 6.22. The lowest BCUT2D eigenvalue weighted by molar-refractivity contribution is -0.123. The summed E-state index contributed by atoms with van der Waals surface area (Å²) in [5.74, 6) is 0.725. The Hall–Kier alpha value is -1.32. The molecule has 4 nitrogen and oxygen atoms in total. The predicted octanol–water partition coefficient (Wildman–Crippen LogP) is 2.49. The van der Waals surface area contributed by atoms with E-state index in [9.17, 15) is 4.79 Å². The predicted molar refractivity (Wildman–Crippen MR) is 76.0 cm³/mol. The summed E-state index contributed by atoms with van der Waals surface area (Å²) in [7, 11) is 0. The minimum absolute atomic E-state index is 0.103. The van der Waals surface area contributed by atoms with Crippen LogP contribution in [0.25, 0.3) is 0 Å². The Morgan fingerprint density at radius 1 is 1.37 bits per heavy atom. The van der Waals surface area contributed by atoms with Gasteiger partial charge in [-0.25, -0.2) is 4.98 Å². The van der Waals surface area contributed by atoms with Gasteiger partial charge in [-0.1, -0.05) is 13.8 Å². The van der Waals surface area contributed by atoms with Gasteiger partial charge in [-0.15, -0.1) is 0 Å². The van der Waals surface area contributed by atoms with E-state index >= 15 is 0 Å². The number of carbonyl (C=O) groups is 1. The second-order valence-corrected chi connectivity index (χ2v) is 5.90. The van der Waals surface area contributed by atoms with Crippen molar-refractivity contribution in [2.75, 3.05) is 6.54 Å². The lowest BCUT2D eigenvalue weighted by atomic mass is 10.0. The molecule has 1 aromatic heterocycles. The van der Waals surface area contributed by atoms with E-state index in [1.165, 1.54) is 24.2 Å². The van der Waals surface area contributed by atoms with Crippen LogP contribution < -0.4 is 5.32 Å². The molecule has 0 saturated heterocycles. The van der Waals surface area contributed by atoms with Gasteiger partial charge in [0.15, 0.2) is 0 Å². The van der Waals surface area contributed by atoms with Crippen molar-refractivity contribution in [3.05, 3.63) is 17.7 Å². The Morgan fingerprint density at radius 2 is 2.11 bits per heavy atom. The fraction of sp³-hybridized carbons (Fsp3) is 0.733. The maximum Gasteiger partial charge on any atom is 0.242 e. The highest BCUT2D eigenvalue weighted by Crippen LogP contribution is 2.22. The zero-order valence-corrected chi connectivity index (χ0v) is 12.3. The van der Waals surface area contributed by atoms with Gasteiger partial charge in [0.2, 0.25) is 5.91 Å². The third-order valence-electron chi connectivity index (χ3n) is 3.88. The number of fused-ring (bicyclic) bond motifs is 1.